The zero-order valence-corrected chi connectivity index (χ0v) is 16.0. The van der Waals surface area contributed by atoms with E-state index in [-0.39, 0.29) is 24.6 Å². The van der Waals surface area contributed by atoms with E-state index in [4.69, 9.17) is 4.74 Å². The number of alkyl halides is 3. The first-order valence-corrected chi connectivity index (χ1v) is 9.29. The summed E-state index contributed by atoms with van der Waals surface area (Å²) in [7, 11) is 0. The number of carbonyl (C=O) groups excluding carboxylic acids is 3. The lowest BCUT2D eigenvalue weighted by atomic mass is 9.81. The number of carbonyl (C=O) groups is 3. The smallest absolute Gasteiger partial charge is 0.416 e. The molecule has 0 aliphatic carbocycles. The highest BCUT2D eigenvalue weighted by atomic mass is 19.4. The van der Waals surface area contributed by atoms with Crippen molar-refractivity contribution in [1.82, 2.24) is 5.43 Å². The number of imide groups is 1. The molecule has 31 heavy (non-hydrogen) atoms. The van der Waals surface area contributed by atoms with Crippen molar-refractivity contribution in [3.8, 4) is 0 Å². The van der Waals surface area contributed by atoms with Crippen LogP contribution in [-0.2, 0) is 31.9 Å². The molecule has 10 heteroatoms. The van der Waals surface area contributed by atoms with Crippen molar-refractivity contribution in [2.75, 3.05) is 11.4 Å². The molecule has 4 rings (SSSR count). The average Bonchev–Trinajstić information content (AvgIpc) is 3.27. The van der Waals surface area contributed by atoms with E-state index in [0.29, 0.717) is 4.90 Å². The third kappa shape index (κ3) is 3.65. The number of hydrazone groups is 1. The molecule has 0 aromatic heterocycles. The fourth-order valence-corrected chi connectivity index (χ4v) is 3.62. The van der Waals surface area contributed by atoms with Crippen molar-refractivity contribution in [3.63, 3.8) is 0 Å². The Kier molecular flexibility index (Phi) is 5.00. The van der Waals surface area contributed by atoms with Crippen molar-refractivity contribution in [2.45, 2.75) is 19.2 Å². The zero-order chi connectivity index (χ0) is 22.2. The summed E-state index contributed by atoms with van der Waals surface area (Å²) in [5.41, 5.74) is 0.165. The molecule has 2 aromatic carbocycles. The number of hydrogen-bond donors (Lipinski definition) is 1. The standard InChI is InChI=1S/C21H16F3N3O4/c22-21(23,24)14-7-4-8-15(9-14)27-16(28)10-20(19(27)30)12-25-26-17(20)18(29)31-11-13-5-2-1-3-6-13/h1-9,25H,10-12H2. The summed E-state index contributed by atoms with van der Waals surface area (Å²) in [5.74, 6) is -2.42. The minimum Gasteiger partial charge on any atom is -0.456 e. The maximum Gasteiger partial charge on any atom is 0.416 e. The first-order valence-electron chi connectivity index (χ1n) is 9.29. The van der Waals surface area contributed by atoms with Crippen LogP contribution in [0.4, 0.5) is 18.9 Å². The molecule has 1 saturated heterocycles. The lowest BCUT2D eigenvalue weighted by Crippen LogP contribution is -2.45. The van der Waals surface area contributed by atoms with Gasteiger partial charge in [0.1, 0.15) is 12.0 Å². The number of esters is 1. The van der Waals surface area contributed by atoms with Crippen molar-refractivity contribution < 1.29 is 32.3 Å². The minimum atomic E-state index is -4.64. The Hall–Kier alpha value is -3.69. The van der Waals surface area contributed by atoms with Crippen molar-refractivity contribution in [1.29, 1.82) is 0 Å². The lowest BCUT2D eigenvalue weighted by Gasteiger charge is -2.22. The van der Waals surface area contributed by atoms with Crippen LogP contribution in [0.2, 0.25) is 0 Å². The van der Waals surface area contributed by atoms with Crippen LogP contribution in [0.15, 0.2) is 59.7 Å². The van der Waals surface area contributed by atoms with E-state index in [0.717, 1.165) is 23.8 Å². The summed E-state index contributed by atoms with van der Waals surface area (Å²) in [6, 6.07) is 12.7. The van der Waals surface area contributed by atoms with Crippen molar-refractivity contribution in [3.05, 3.63) is 65.7 Å². The molecule has 7 nitrogen and oxygen atoms in total. The van der Waals surface area contributed by atoms with E-state index in [9.17, 15) is 27.6 Å². The first-order chi connectivity index (χ1) is 14.7. The highest BCUT2D eigenvalue weighted by Crippen LogP contribution is 2.40. The van der Waals surface area contributed by atoms with Gasteiger partial charge in [-0.1, -0.05) is 36.4 Å². The van der Waals surface area contributed by atoms with Crippen LogP contribution in [0.25, 0.3) is 0 Å². The van der Waals surface area contributed by atoms with Gasteiger partial charge >= 0.3 is 12.1 Å². The summed E-state index contributed by atoms with van der Waals surface area (Å²) < 4.78 is 44.4. The molecule has 160 valence electrons. The highest BCUT2D eigenvalue weighted by molar-refractivity contribution is 6.47. The molecule has 0 radical (unpaired) electrons. The number of rotatable bonds is 4. The summed E-state index contributed by atoms with van der Waals surface area (Å²) in [4.78, 5) is 39.1. The molecule has 1 N–H and O–H groups in total. The van der Waals surface area contributed by atoms with Gasteiger partial charge in [0.2, 0.25) is 11.8 Å². The van der Waals surface area contributed by atoms with Crippen LogP contribution in [0, 0.1) is 5.41 Å². The topological polar surface area (TPSA) is 88.1 Å². The van der Waals surface area contributed by atoms with Crippen molar-refractivity contribution in [2.24, 2.45) is 10.5 Å². The number of nitrogens with one attached hydrogen (secondary N) is 1. The zero-order valence-electron chi connectivity index (χ0n) is 16.0. The first kappa shape index (κ1) is 20.6. The minimum absolute atomic E-state index is 0.0613. The van der Waals surface area contributed by atoms with Gasteiger partial charge < -0.3 is 10.2 Å². The fraction of sp³-hybridized carbons (Fsp3) is 0.238. The Morgan fingerprint density at radius 2 is 1.87 bits per heavy atom. The molecule has 2 amide bonds. The summed E-state index contributed by atoms with van der Waals surface area (Å²) in [6.07, 6.45) is -5.04. The quantitative estimate of drug-likeness (QED) is 0.594. The Morgan fingerprint density at radius 1 is 1.13 bits per heavy atom. The summed E-state index contributed by atoms with van der Waals surface area (Å²) >= 11 is 0. The van der Waals surface area contributed by atoms with Gasteiger partial charge in [0.15, 0.2) is 5.71 Å². The van der Waals surface area contributed by atoms with Gasteiger partial charge in [-0.05, 0) is 23.8 Å². The highest BCUT2D eigenvalue weighted by Gasteiger charge is 2.60. The molecule has 0 saturated carbocycles. The van der Waals surface area contributed by atoms with Crippen LogP contribution in [0.5, 0.6) is 0 Å². The number of halogens is 3. The second-order valence-electron chi connectivity index (χ2n) is 7.20. The molecular formula is C21H16F3N3O4. The molecule has 1 unspecified atom stereocenters. The van der Waals surface area contributed by atoms with E-state index in [1.165, 1.54) is 6.07 Å². The second kappa shape index (κ2) is 7.53. The van der Waals surface area contributed by atoms with Gasteiger partial charge in [-0.15, -0.1) is 0 Å². The Morgan fingerprint density at radius 3 is 2.58 bits per heavy atom. The van der Waals surface area contributed by atoms with E-state index in [2.05, 4.69) is 10.5 Å². The predicted octanol–water partition coefficient (Wildman–Crippen LogP) is 2.66. The number of hydrogen-bond acceptors (Lipinski definition) is 6. The summed E-state index contributed by atoms with van der Waals surface area (Å²) in [5, 5.41) is 3.87. The molecule has 0 bridgehead atoms. The van der Waals surface area contributed by atoms with Crippen LogP contribution in [0.1, 0.15) is 17.5 Å². The van der Waals surface area contributed by atoms with Crippen LogP contribution in [0.3, 0.4) is 0 Å². The van der Waals surface area contributed by atoms with E-state index in [1.807, 2.05) is 0 Å². The molecular weight excluding hydrogens is 415 g/mol. The van der Waals surface area contributed by atoms with Gasteiger partial charge in [-0.3, -0.25) is 9.59 Å². The van der Waals surface area contributed by atoms with Crippen LogP contribution in [-0.4, -0.2) is 30.0 Å². The molecule has 2 aliphatic rings. The van der Waals surface area contributed by atoms with Gasteiger partial charge in [0.05, 0.1) is 17.8 Å². The SMILES string of the molecule is O=C(OCc1ccccc1)C1=NNCC12CC(=O)N(c1cccc(C(F)(F)F)c1)C2=O. The van der Waals surface area contributed by atoms with Gasteiger partial charge in [0, 0.05) is 6.42 Å². The van der Waals surface area contributed by atoms with E-state index >= 15 is 0 Å². The van der Waals surface area contributed by atoms with E-state index < -0.39 is 41.4 Å². The number of amides is 2. The normalized spacial score (nSPS) is 20.7. The molecule has 2 aliphatic heterocycles. The third-order valence-electron chi connectivity index (χ3n) is 5.18. The largest absolute Gasteiger partial charge is 0.456 e. The van der Waals surface area contributed by atoms with Gasteiger partial charge in [-0.25, -0.2) is 9.69 Å². The van der Waals surface area contributed by atoms with E-state index in [1.54, 1.807) is 30.3 Å². The maximum atomic E-state index is 13.2. The van der Waals surface area contributed by atoms with Crippen molar-refractivity contribution >= 4 is 29.2 Å². The summed E-state index contributed by atoms with van der Waals surface area (Å²) in [6.45, 7) is -0.197. The van der Waals surface area contributed by atoms with Gasteiger partial charge in [-0.2, -0.15) is 18.3 Å². The molecule has 2 aromatic rings. The number of benzene rings is 2. The van der Waals surface area contributed by atoms with Crippen LogP contribution < -0.4 is 10.3 Å². The number of anilines is 1. The lowest BCUT2D eigenvalue weighted by molar-refractivity contribution is -0.138. The van der Waals surface area contributed by atoms with Gasteiger partial charge in [0.25, 0.3) is 0 Å². The molecule has 1 fully saturated rings. The Balaban J connectivity index is 1.58. The monoisotopic (exact) mass is 431 g/mol. The molecule has 1 spiro atoms. The Bertz CT molecular complexity index is 1080. The van der Waals surface area contributed by atoms with Crippen LogP contribution >= 0.6 is 0 Å². The second-order valence-corrected chi connectivity index (χ2v) is 7.20. The average molecular weight is 431 g/mol. The Labute approximate surface area is 174 Å². The maximum absolute atomic E-state index is 13.2. The molecule has 2 heterocycles. The third-order valence-corrected chi connectivity index (χ3v) is 5.18. The predicted molar refractivity (Wildman–Crippen MR) is 103 cm³/mol. The number of nitrogens with zero attached hydrogens (tertiary/aromatic N) is 2. The fourth-order valence-electron chi connectivity index (χ4n) is 3.62. The number of ether oxygens (including phenoxy) is 1. The molecule has 1 atom stereocenters.